The van der Waals surface area contributed by atoms with Crippen molar-refractivity contribution in [3.8, 4) is 6.07 Å². The summed E-state index contributed by atoms with van der Waals surface area (Å²) in [6, 6.07) is 8.60. The molecule has 1 heterocycles. The van der Waals surface area contributed by atoms with Crippen molar-refractivity contribution in [2.45, 2.75) is 13.3 Å². The number of carboxylic acids is 1. The summed E-state index contributed by atoms with van der Waals surface area (Å²) >= 11 is 12.5. The Morgan fingerprint density at radius 2 is 2.08 bits per heavy atom. The number of aromatic nitrogens is 2. The molecule has 3 aromatic rings. The first-order valence-electron chi connectivity index (χ1n) is 7.39. The van der Waals surface area contributed by atoms with Crippen molar-refractivity contribution in [2.75, 3.05) is 0 Å². The fraction of sp³-hybridized carbons (Fsp3) is 0.167. The monoisotopic (exact) mass is 373 g/mol. The van der Waals surface area contributed by atoms with Gasteiger partial charge in [-0.1, -0.05) is 23.2 Å². The summed E-state index contributed by atoms with van der Waals surface area (Å²) in [5, 5.41) is 18.9. The average molecular weight is 374 g/mol. The summed E-state index contributed by atoms with van der Waals surface area (Å²) in [6.07, 6.45) is 0.283. The van der Waals surface area contributed by atoms with Gasteiger partial charge in [0.25, 0.3) is 0 Å². The number of rotatable bonds is 3. The summed E-state index contributed by atoms with van der Waals surface area (Å²) in [5.41, 5.74) is 3.59. The largest absolute Gasteiger partial charge is 0.478 e. The van der Waals surface area contributed by atoms with E-state index >= 15 is 0 Å². The molecule has 3 rings (SSSR count). The number of aromatic carboxylic acids is 1. The molecule has 1 N–H and O–H groups in total. The smallest absolute Gasteiger partial charge is 0.337 e. The van der Waals surface area contributed by atoms with Crippen LogP contribution in [-0.4, -0.2) is 20.6 Å². The Balaban J connectivity index is 2.15. The lowest BCUT2D eigenvalue weighted by Gasteiger charge is -2.09. The van der Waals surface area contributed by atoms with Crippen LogP contribution >= 0.6 is 23.2 Å². The molecule has 2 aromatic carbocycles. The molecule has 25 heavy (non-hydrogen) atoms. The zero-order valence-electron chi connectivity index (χ0n) is 13.5. The van der Waals surface area contributed by atoms with Crippen molar-refractivity contribution in [3.05, 3.63) is 62.4 Å². The van der Waals surface area contributed by atoms with Gasteiger partial charge in [-0.2, -0.15) is 5.26 Å². The molecule has 0 aliphatic carbocycles. The molecule has 0 saturated heterocycles. The fourth-order valence-electron chi connectivity index (χ4n) is 2.81. The van der Waals surface area contributed by atoms with Gasteiger partial charge in [-0.25, -0.2) is 9.78 Å². The minimum Gasteiger partial charge on any atom is -0.478 e. The Bertz CT molecular complexity index is 1060. The zero-order valence-corrected chi connectivity index (χ0v) is 15.0. The predicted molar refractivity (Wildman–Crippen MR) is 96.4 cm³/mol. The fourth-order valence-corrected chi connectivity index (χ4v) is 3.40. The number of nitriles is 1. The lowest BCUT2D eigenvalue weighted by Crippen LogP contribution is -2.04. The van der Waals surface area contributed by atoms with Crippen LogP contribution in [0.4, 0.5) is 0 Å². The van der Waals surface area contributed by atoms with Gasteiger partial charge in [-0.3, -0.25) is 0 Å². The molecule has 0 unspecified atom stereocenters. The van der Waals surface area contributed by atoms with Crippen molar-refractivity contribution < 1.29 is 9.90 Å². The van der Waals surface area contributed by atoms with E-state index in [-0.39, 0.29) is 17.0 Å². The third kappa shape index (κ3) is 2.95. The number of hydrogen-bond donors (Lipinski definition) is 1. The molecule has 0 aliphatic heterocycles. The number of fused-ring (bicyclic) bond motifs is 1. The normalized spacial score (nSPS) is 10.8. The lowest BCUT2D eigenvalue weighted by atomic mass is 10.1. The molecule has 1 aromatic heterocycles. The number of hydrogen-bond acceptors (Lipinski definition) is 3. The van der Waals surface area contributed by atoms with Crippen LogP contribution in [0.3, 0.4) is 0 Å². The van der Waals surface area contributed by atoms with E-state index in [1.54, 1.807) is 12.1 Å². The number of nitrogens with zero attached hydrogens (tertiary/aromatic N) is 3. The average Bonchev–Trinajstić information content (AvgIpc) is 2.88. The van der Waals surface area contributed by atoms with Crippen molar-refractivity contribution in [3.63, 3.8) is 0 Å². The highest BCUT2D eigenvalue weighted by Gasteiger charge is 2.19. The third-order valence-corrected chi connectivity index (χ3v) is 4.94. The molecule has 0 saturated carbocycles. The summed E-state index contributed by atoms with van der Waals surface area (Å²) in [4.78, 5) is 15.9. The van der Waals surface area contributed by atoms with Gasteiger partial charge in [0.2, 0.25) is 0 Å². The number of imidazole rings is 1. The number of benzene rings is 2. The molecule has 0 aliphatic rings. The molecular formula is C18H13Cl2N3O2. The topological polar surface area (TPSA) is 78.9 Å². The van der Waals surface area contributed by atoms with Gasteiger partial charge in [0.15, 0.2) is 0 Å². The third-order valence-electron chi connectivity index (χ3n) is 4.15. The maximum Gasteiger partial charge on any atom is 0.337 e. The highest BCUT2D eigenvalue weighted by atomic mass is 35.5. The van der Waals surface area contributed by atoms with Gasteiger partial charge in [0.1, 0.15) is 5.82 Å². The molecule has 0 radical (unpaired) electrons. The van der Waals surface area contributed by atoms with Crippen LogP contribution in [0.2, 0.25) is 10.0 Å². The minimum absolute atomic E-state index is 0.00257. The van der Waals surface area contributed by atoms with Crippen LogP contribution in [0.5, 0.6) is 0 Å². The van der Waals surface area contributed by atoms with Crippen molar-refractivity contribution >= 4 is 40.2 Å². The summed E-state index contributed by atoms with van der Waals surface area (Å²) < 4.78 is 1.86. The van der Waals surface area contributed by atoms with Crippen LogP contribution in [0.15, 0.2) is 24.3 Å². The summed E-state index contributed by atoms with van der Waals surface area (Å²) in [5.74, 6) is -0.429. The highest BCUT2D eigenvalue weighted by Crippen LogP contribution is 2.31. The lowest BCUT2D eigenvalue weighted by molar-refractivity contribution is 0.0697. The number of halogens is 2. The maximum absolute atomic E-state index is 11.3. The second kappa shape index (κ2) is 6.40. The van der Waals surface area contributed by atoms with Crippen LogP contribution in [0, 0.1) is 18.3 Å². The predicted octanol–water partition coefficient (Wildman–Crippen LogP) is 4.35. The van der Waals surface area contributed by atoms with Crippen LogP contribution in [0.1, 0.15) is 32.9 Å². The van der Waals surface area contributed by atoms with Crippen LogP contribution in [-0.2, 0) is 13.5 Å². The molecule has 0 spiro atoms. The Morgan fingerprint density at radius 1 is 1.36 bits per heavy atom. The van der Waals surface area contributed by atoms with Gasteiger partial charge in [-0.05, 0) is 42.3 Å². The van der Waals surface area contributed by atoms with Gasteiger partial charge in [0.05, 0.1) is 33.3 Å². The van der Waals surface area contributed by atoms with Crippen molar-refractivity contribution in [1.82, 2.24) is 9.55 Å². The Hall–Kier alpha value is -2.55. The summed E-state index contributed by atoms with van der Waals surface area (Å²) in [6.45, 7) is 1.89. The summed E-state index contributed by atoms with van der Waals surface area (Å²) in [7, 11) is 1.84. The second-order valence-electron chi connectivity index (χ2n) is 5.73. The van der Waals surface area contributed by atoms with E-state index in [1.165, 1.54) is 12.1 Å². The Morgan fingerprint density at radius 3 is 2.72 bits per heavy atom. The van der Waals surface area contributed by atoms with E-state index in [2.05, 4.69) is 11.1 Å². The van der Waals surface area contributed by atoms with E-state index < -0.39 is 5.97 Å². The van der Waals surface area contributed by atoms with Crippen molar-refractivity contribution in [2.24, 2.45) is 7.05 Å². The first-order chi connectivity index (χ1) is 11.8. The standard InChI is InChI=1S/C18H13Cl2N3O2/c1-9-5-10(8-21)6-14-17(9)22-15(23(14)2)7-12-13(19)4-3-11(16(12)20)18(24)25/h3-6H,7H2,1-2H3,(H,24,25). The molecule has 7 heteroatoms. The van der Waals surface area contributed by atoms with E-state index in [0.717, 1.165) is 16.6 Å². The van der Waals surface area contributed by atoms with Crippen molar-refractivity contribution in [1.29, 1.82) is 5.26 Å². The Labute approximate surface area is 154 Å². The maximum atomic E-state index is 11.3. The van der Waals surface area contributed by atoms with Gasteiger partial charge < -0.3 is 9.67 Å². The molecule has 126 valence electrons. The second-order valence-corrected chi connectivity index (χ2v) is 6.51. The minimum atomic E-state index is -1.11. The molecule has 0 fully saturated rings. The first kappa shape index (κ1) is 17.3. The number of aryl methyl sites for hydroxylation is 2. The van der Waals surface area contributed by atoms with E-state index in [1.807, 2.05) is 18.5 Å². The SMILES string of the molecule is Cc1cc(C#N)cc2c1nc(Cc1c(Cl)ccc(C(=O)O)c1Cl)n2C. The highest BCUT2D eigenvalue weighted by molar-refractivity contribution is 6.37. The number of carboxylic acid groups (broad SMARTS) is 1. The first-order valence-corrected chi connectivity index (χ1v) is 8.15. The van der Waals surface area contributed by atoms with E-state index in [4.69, 9.17) is 28.5 Å². The Kier molecular flexibility index (Phi) is 4.42. The van der Waals surface area contributed by atoms with E-state index in [0.29, 0.717) is 22.0 Å². The molecular weight excluding hydrogens is 361 g/mol. The molecule has 0 amide bonds. The van der Waals surface area contributed by atoms with Gasteiger partial charge in [0, 0.05) is 18.5 Å². The van der Waals surface area contributed by atoms with Gasteiger partial charge >= 0.3 is 5.97 Å². The molecule has 0 bridgehead atoms. The quantitative estimate of drug-likeness (QED) is 0.739. The van der Waals surface area contributed by atoms with E-state index in [9.17, 15) is 9.90 Å². The molecule has 0 atom stereocenters. The molecule has 5 nitrogen and oxygen atoms in total. The van der Waals surface area contributed by atoms with Crippen LogP contribution < -0.4 is 0 Å². The number of carbonyl (C=O) groups is 1. The van der Waals surface area contributed by atoms with Gasteiger partial charge in [-0.15, -0.1) is 0 Å². The zero-order chi connectivity index (χ0) is 18.3. The van der Waals surface area contributed by atoms with Crippen LogP contribution in [0.25, 0.3) is 11.0 Å².